The summed E-state index contributed by atoms with van der Waals surface area (Å²) < 4.78 is 26.8. The fraction of sp³-hybridized carbons (Fsp3) is 0.323. The number of amides is 2. The van der Waals surface area contributed by atoms with Crippen molar-refractivity contribution in [2.75, 3.05) is 17.1 Å². The summed E-state index contributed by atoms with van der Waals surface area (Å²) in [7, 11) is -3.94. The van der Waals surface area contributed by atoms with E-state index in [4.69, 9.17) is 11.6 Å². The van der Waals surface area contributed by atoms with E-state index in [1.807, 2.05) is 44.2 Å². The minimum atomic E-state index is -3.94. The number of halogens is 1. The molecule has 0 saturated carbocycles. The number of carbonyl (C=O) groups excluding carboxylic acids is 3. The van der Waals surface area contributed by atoms with Crippen molar-refractivity contribution in [2.24, 2.45) is 0 Å². The van der Waals surface area contributed by atoms with Gasteiger partial charge < -0.3 is 10.2 Å². The maximum absolute atomic E-state index is 14.1. The summed E-state index contributed by atoms with van der Waals surface area (Å²) in [4.78, 5) is 41.2. The lowest BCUT2D eigenvalue weighted by Gasteiger charge is -2.34. The number of hydrogen-bond acceptors (Lipinski definition) is 5. The Balaban J connectivity index is 2.08. The molecule has 0 aliphatic rings. The van der Waals surface area contributed by atoms with Crippen molar-refractivity contribution in [3.63, 3.8) is 0 Å². The van der Waals surface area contributed by atoms with Crippen molar-refractivity contribution in [3.05, 3.63) is 101 Å². The average Bonchev–Trinajstić information content (AvgIpc) is 2.93. The van der Waals surface area contributed by atoms with Gasteiger partial charge in [0.25, 0.3) is 0 Å². The third-order valence-corrected chi connectivity index (χ3v) is 8.11. The standard InChI is InChI=1S/C31H36ClN3O5S/c1-5-22(2)33-31(38)29(18-24-11-7-6-8-12-24)34(20-25-13-9-15-27(32)17-25)30(37)21-35(41(4,39)40)28-16-10-14-26(19-28)23(3)36/h6-17,19,22,29H,5,18,20-21H2,1-4H3,(H,33,38)/t22-,29+/m1/s1. The molecule has 0 heterocycles. The third-order valence-electron chi connectivity index (χ3n) is 6.73. The number of nitrogens with zero attached hydrogens (tertiary/aromatic N) is 2. The van der Waals surface area contributed by atoms with Gasteiger partial charge in [-0.15, -0.1) is 0 Å². The first-order valence-corrected chi connectivity index (χ1v) is 15.6. The lowest BCUT2D eigenvalue weighted by molar-refractivity contribution is -0.140. The van der Waals surface area contributed by atoms with Crippen LogP contribution in [0.2, 0.25) is 5.02 Å². The lowest BCUT2D eigenvalue weighted by Crippen LogP contribution is -2.54. The van der Waals surface area contributed by atoms with Crippen LogP contribution in [0.5, 0.6) is 0 Å². The topological polar surface area (TPSA) is 104 Å². The first-order chi connectivity index (χ1) is 19.4. The van der Waals surface area contributed by atoms with E-state index in [0.29, 0.717) is 22.6 Å². The van der Waals surface area contributed by atoms with E-state index in [9.17, 15) is 22.8 Å². The van der Waals surface area contributed by atoms with Gasteiger partial charge in [-0.25, -0.2) is 8.42 Å². The third kappa shape index (κ3) is 9.16. The van der Waals surface area contributed by atoms with Crippen LogP contribution in [0.1, 0.15) is 48.7 Å². The summed E-state index contributed by atoms with van der Waals surface area (Å²) in [6.45, 7) is 4.67. The van der Waals surface area contributed by atoms with Crippen LogP contribution in [0.3, 0.4) is 0 Å². The van der Waals surface area contributed by atoms with Gasteiger partial charge in [-0.05, 0) is 55.7 Å². The summed E-state index contributed by atoms with van der Waals surface area (Å²) >= 11 is 6.23. The second-order valence-corrected chi connectivity index (χ2v) is 12.4. The number of carbonyl (C=O) groups is 3. The molecular weight excluding hydrogens is 562 g/mol. The Bertz CT molecular complexity index is 1480. The van der Waals surface area contributed by atoms with Gasteiger partial charge in [0.05, 0.1) is 11.9 Å². The van der Waals surface area contributed by atoms with Crippen LogP contribution in [0.15, 0.2) is 78.9 Å². The first kappa shape index (κ1) is 31.8. The average molecular weight is 598 g/mol. The molecule has 3 rings (SSSR count). The molecule has 0 aliphatic carbocycles. The normalized spacial score (nSPS) is 12.7. The molecule has 10 heteroatoms. The summed E-state index contributed by atoms with van der Waals surface area (Å²) in [5, 5.41) is 3.46. The van der Waals surface area contributed by atoms with E-state index in [0.717, 1.165) is 16.1 Å². The van der Waals surface area contributed by atoms with Gasteiger partial charge in [0.1, 0.15) is 12.6 Å². The molecule has 3 aromatic rings. The molecule has 0 aliphatic heterocycles. The largest absolute Gasteiger partial charge is 0.352 e. The summed E-state index contributed by atoms with van der Waals surface area (Å²) in [5.41, 5.74) is 2.02. The highest BCUT2D eigenvalue weighted by Gasteiger charge is 2.33. The Morgan fingerprint density at radius 1 is 0.927 bits per heavy atom. The van der Waals surface area contributed by atoms with Crippen LogP contribution in [0, 0.1) is 0 Å². The maximum Gasteiger partial charge on any atom is 0.244 e. The van der Waals surface area contributed by atoms with Gasteiger partial charge >= 0.3 is 0 Å². The highest BCUT2D eigenvalue weighted by Crippen LogP contribution is 2.22. The van der Waals surface area contributed by atoms with Crippen LogP contribution in [0.25, 0.3) is 0 Å². The Kier molecular flexibility index (Phi) is 11.1. The van der Waals surface area contributed by atoms with Crippen molar-refractivity contribution in [2.45, 2.75) is 52.2 Å². The molecule has 41 heavy (non-hydrogen) atoms. The Morgan fingerprint density at radius 2 is 1.59 bits per heavy atom. The molecule has 0 spiro atoms. The van der Waals surface area contributed by atoms with Crippen LogP contribution in [-0.4, -0.2) is 55.8 Å². The summed E-state index contributed by atoms with van der Waals surface area (Å²) in [5.74, 6) is -1.16. The van der Waals surface area contributed by atoms with Crippen molar-refractivity contribution in [1.82, 2.24) is 10.2 Å². The Hall–Kier alpha value is -3.69. The summed E-state index contributed by atoms with van der Waals surface area (Å²) in [6.07, 6.45) is 1.91. The molecule has 0 bridgehead atoms. The molecule has 0 fully saturated rings. The van der Waals surface area contributed by atoms with Gasteiger partial charge in [0.15, 0.2) is 5.78 Å². The molecule has 2 amide bonds. The molecule has 1 N–H and O–H groups in total. The Morgan fingerprint density at radius 3 is 2.20 bits per heavy atom. The number of nitrogens with one attached hydrogen (secondary N) is 1. The molecule has 0 radical (unpaired) electrons. The maximum atomic E-state index is 14.1. The van der Waals surface area contributed by atoms with E-state index in [1.165, 1.54) is 24.0 Å². The zero-order chi connectivity index (χ0) is 30.2. The van der Waals surface area contributed by atoms with Gasteiger partial charge in [-0.1, -0.05) is 73.1 Å². The van der Waals surface area contributed by atoms with E-state index < -0.39 is 28.5 Å². The van der Waals surface area contributed by atoms with E-state index in [2.05, 4.69) is 5.32 Å². The molecule has 8 nitrogen and oxygen atoms in total. The molecule has 3 aromatic carbocycles. The monoisotopic (exact) mass is 597 g/mol. The second-order valence-electron chi connectivity index (χ2n) is 10.1. The zero-order valence-corrected chi connectivity index (χ0v) is 25.3. The number of sulfonamides is 1. The van der Waals surface area contributed by atoms with Gasteiger partial charge in [-0.2, -0.15) is 0 Å². The lowest BCUT2D eigenvalue weighted by atomic mass is 10.0. The first-order valence-electron chi connectivity index (χ1n) is 13.4. The highest BCUT2D eigenvalue weighted by atomic mass is 35.5. The van der Waals surface area contributed by atoms with Gasteiger partial charge in [0, 0.05) is 29.6 Å². The smallest absolute Gasteiger partial charge is 0.244 e. The molecule has 0 unspecified atom stereocenters. The Labute approximate surface area is 247 Å². The molecule has 0 saturated heterocycles. The number of benzene rings is 3. The number of anilines is 1. The second kappa shape index (κ2) is 14.3. The molecule has 2 atom stereocenters. The van der Waals surface area contributed by atoms with Crippen molar-refractivity contribution < 1.29 is 22.8 Å². The minimum Gasteiger partial charge on any atom is -0.352 e. The SMILES string of the molecule is CC[C@@H](C)NC(=O)[C@H](Cc1ccccc1)N(Cc1cccc(Cl)c1)C(=O)CN(c1cccc(C(C)=O)c1)S(C)(=O)=O. The predicted octanol–water partition coefficient (Wildman–Crippen LogP) is 4.86. The number of rotatable bonds is 13. The van der Waals surface area contributed by atoms with Crippen molar-refractivity contribution >= 4 is 44.9 Å². The fourth-order valence-corrected chi connectivity index (χ4v) is 5.38. The molecule has 0 aromatic heterocycles. The molecular formula is C31H36ClN3O5S. The quantitative estimate of drug-likeness (QED) is 0.283. The van der Waals surface area contributed by atoms with Crippen LogP contribution in [-0.2, 0) is 32.6 Å². The molecule has 218 valence electrons. The van der Waals surface area contributed by atoms with Crippen molar-refractivity contribution in [3.8, 4) is 0 Å². The summed E-state index contributed by atoms with van der Waals surface area (Å²) in [6, 6.07) is 21.3. The van der Waals surface area contributed by atoms with Crippen LogP contribution in [0.4, 0.5) is 5.69 Å². The van der Waals surface area contributed by atoms with Crippen molar-refractivity contribution in [1.29, 1.82) is 0 Å². The van der Waals surface area contributed by atoms with Crippen LogP contribution >= 0.6 is 11.6 Å². The van der Waals surface area contributed by atoms with Gasteiger partial charge in [-0.3, -0.25) is 18.7 Å². The van der Waals surface area contributed by atoms with E-state index >= 15 is 0 Å². The number of ketones is 1. The zero-order valence-electron chi connectivity index (χ0n) is 23.7. The van der Waals surface area contributed by atoms with Gasteiger partial charge in [0.2, 0.25) is 21.8 Å². The fourth-order valence-electron chi connectivity index (χ4n) is 4.32. The van der Waals surface area contributed by atoms with Crippen LogP contribution < -0.4 is 9.62 Å². The number of hydrogen-bond donors (Lipinski definition) is 1. The predicted molar refractivity (Wildman–Crippen MR) is 162 cm³/mol. The highest BCUT2D eigenvalue weighted by molar-refractivity contribution is 7.92. The number of Topliss-reactive ketones (excluding diaryl/α,β-unsaturated/α-hetero) is 1. The van der Waals surface area contributed by atoms with E-state index in [-0.39, 0.29) is 36.4 Å². The minimum absolute atomic E-state index is 0.0237. The van der Waals surface area contributed by atoms with E-state index in [1.54, 1.807) is 36.4 Å².